The summed E-state index contributed by atoms with van der Waals surface area (Å²) in [5.74, 6) is 2.72. The maximum absolute atomic E-state index is 12.1. The van der Waals surface area contributed by atoms with Gasteiger partial charge < -0.3 is 9.30 Å². The lowest BCUT2D eigenvalue weighted by molar-refractivity contribution is -0.0498. The highest BCUT2D eigenvalue weighted by atomic mass is 32.2. The minimum absolute atomic E-state index is 0.176. The third-order valence-electron chi connectivity index (χ3n) is 3.22. The van der Waals surface area contributed by atoms with Gasteiger partial charge in [0.15, 0.2) is 0 Å². The van der Waals surface area contributed by atoms with Gasteiger partial charge in [0, 0.05) is 12.3 Å². The van der Waals surface area contributed by atoms with Crippen LogP contribution in [0, 0.1) is 6.92 Å². The van der Waals surface area contributed by atoms with Crippen LogP contribution < -0.4 is 4.74 Å². The zero-order valence-electron chi connectivity index (χ0n) is 12.1. The molecule has 0 fully saturated rings. The number of halogens is 2. The van der Waals surface area contributed by atoms with Crippen molar-refractivity contribution in [1.82, 2.24) is 14.8 Å². The highest BCUT2D eigenvalue weighted by molar-refractivity contribution is 7.98. The molecule has 0 N–H and O–H groups in total. The molecule has 0 aliphatic rings. The first-order chi connectivity index (χ1) is 9.97. The Labute approximate surface area is 126 Å². The zero-order valence-corrected chi connectivity index (χ0v) is 12.9. The Morgan fingerprint density at radius 2 is 1.90 bits per heavy atom. The Kier molecular flexibility index (Phi) is 5.17. The van der Waals surface area contributed by atoms with E-state index < -0.39 is 6.61 Å². The van der Waals surface area contributed by atoms with Crippen molar-refractivity contribution >= 4 is 11.8 Å². The molecular weight excluding hydrogens is 296 g/mol. The molecule has 1 heterocycles. The van der Waals surface area contributed by atoms with Crippen molar-refractivity contribution in [2.24, 2.45) is 7.05 Å². The number of alkyl halides is 2. The second-order valence-corrected chi connectivity index (χ2v) is 5.95. The fourth-order valence-electron chi connectivity index (χ4n) is 1.79. The fraction of sp³-hybridized carbons (Fsp3) is 0.429. The number of rotatable bonds is 6. The van der Waals surface area contributed by atoms with Crippen LogP contribution in [-0.2, 0) is 12.8 Å². The molecule has 0 unspecified atom stereocenters. The minimum Gasteiger partial charge on any atom is -0.435 e. The van der Waals surface area contributed by atoms with Gasteiger partial charge in [-0.15, -0.1) is 22.0 Å². The van der Waals surface area contributed by atoms with E-state index in [1.54, 1.807) is 36.0 Å². The standard InChI is InChI=1S/C14H17F2N3OS/c1-9(21-8-13-18-17-10(2)19(13)3)11-4-6-12(7-5-11)20-14(15)16/h4-7,9,14H,8H2,1-3H3/t9-/m0/s1. The van der Waals surface area contributed by atoms with Crippen molar-refractivity contribution in [3.63, 3.8) is 0 Å². The Bertz CT molecular complexity index is 586. The molecule has 1 atom stereocenters. The van der Waals surface area contributed by atoms with E-state index in [-0.39, 0.29) is 11.0 Å². The lowest BCUT2D eigenvalue weighted by Gasteiger charge is -2.12. The molecule has 1 aromatic heterocycles. The van der Waals surface area contributed by atoms with E-state index in [9.17, 15) is 8.78 Å². The predicted octanol–water partition coefficient (Wildman–Crippen LogP) is 3.72. The summed E-state index contributed by atoms with van der Waals surface area (Å²) < 4.78 is 30.5. The Morgan fingerprint density at radius 1 is 1.24 bits per heavy atom. The fourth-order valence-corrected chi connectivity index (χ4v) is 2.79. The van der Waals surface area contributed by atoms with Crippen LogP contribution >= 0.6 is 11.8 Å². The van der Waals surface area contributed by atoms with Crippen LogP contribution in [0.5, 0.6) is 5.75 Å². The van der Waals surface area contributed by atoms with Gasteiger partial charge in [0.25, 0.3) is 0 Å². The number of aromatic nitrogens is 3. The number of hydrogen-bond donors (Lipinski definition) is 0. The molecule has 114 valence electrons. The molecule has 2 rings (SSSR count). The summed E-state index contributed by atoms with van der Waals surface area (Å²) in [5.41, 5.74) is 1.06. The quantitative estimate of drug-likeness (QED) is 0.815. The molecular formula is C14H17F2N3OS. The van der Waals surface area contributed by atoms with Crippen LogP contribution in [0.4, 0.5) is 8.78 Å². The number of aryl methyl sites for hydroxylation is 1. The van der Waals surface area contributed by atoms with E-state index in [0.29, 0.717) is 0 Å². The van der Waals surface area contributed by atoms with Crippen LogP contribution in [0.25, 0.3) is 0 Å². The number of ether oxygens (including phenoxy) is 1. The molecule has 0 aliphatic carbocycles. The highest BCUT2D eigenvalue weighted by Crippen LogP contribution is 2.31. The van der Waals surface area contributed by atoms with E-state index in [1.807, 2.05) is 18.5 Å². The average Bonchev–Trinajstić information content (AvgIpc) is 2.76. The smallest absolute Gasteiger partial charge is 0.387 e. The summed E-state index contributed by atoms with van der Waals surface area (Å²) in [6.07, 6.45) is 0. The van der Waals surface area contributed by atoms with Gasteiger partial charge in [-0.2, -0.15) is 8.78 Å². The normalized spacial score (nSPS) is 12.7. The van der Waals surface area contributed by atoms with Crippen molar-refractivity contribution < 1.29 is 13.5 Å². The molecule has 0 spiro atoms. The van der Waals surface area contributed by atoms with Gasteiger partial charge in [0.2, 0.25) is 0 Å². The second kappa shape index (κ2) is 6.89. The summed E-state index contributed by atoms with van der Waals surface area (Å²) in [4.78, 5) is 0. The maximum Gasteiger partial charge on any atom is 0.387 e. The van der Waals surface area contributed by atoms with E-state index >= 15 is 0 Å². The van der Waals surface area contributed by atoms with E-state index in [4.69, 9.17) is 0 Å². The summed E-state index contributed by atoms with van der Waals surface area (Å²) >= 11 is 1.72. The topological polar surface area (TPSA) is 39.9 Å². The lowest BCUT2D eigenvalue weighted by Crippen LogP contribution is -2.02. The number of benzene rings is 1. The molecule has 0 radical (unpaired) electrons. The summed E-state index contributed by atoms with van der Waals surface area (Å²) in [5, 5.41) is 8.36. The van der Waals surface area contributed by atoms with Gasteiger partial charge in [-0.05, 0) is 31.5 Å². The predicted molar refractivity (Wildman–Crippen MR) is 78.5 cm³/mol. The SMILES string of the molecule is Cc1nnc(CS[C@@H](C)c2ccc(OC(F)F)cc2)n1C. The molecule has 0 saturated carbocycles. The van der Waals surface area contributed by atoms with Gasteiger partial charge in [-0.25, -0.2) is 0 Å². The van der Waals surface area contributed by atoms with Gasteiger partial charge in [-0.3, -0.25) is 0 Å². The maximum atomic E-state index is 12.1. The summed E-state index contributed by atoms with van der Waals surface area (Å²) in [6.45, 7) is 1.19. The monoisotopic (exact) mass is 313 g/mol. The number of hydrogen-bond acceptors (Lipinski definition) is 4. The molecule has 21 heavy (non-hydrogen) atoms. The van der Waals surface area contributed by atoms with E-state index in [1.165, 1.54) is 0 Å². The van der Waals surface area contributed by atoms with Crippen LogP contribution in [0.15, 0.2) is 24.3 Å². The van der Waals surface area contributed by atoms with Crippen molar-refractivity contribution in [2.75, 3.05) is 0 Å². The van der Waals surface area contributed by atoms with Crippen LogP contribution in [0.3, 0.4) is 0 Å². The molecule has 7 heteroatoms. The zero-order chi connectivity index (χ0) is 15.4. The average molecular weight is 313 g/mol. The van der Waals surface area contributed by atoms with Crippen molar-refractivity contribution in [2.45, 2.75) is 31.5 Å². The van der Waals surface area contributed by atoms with Crippen LogP contribution in [0.1, 0.15) is 29.4 Å². The molecule has 0 aliphatic heterocycles. The van der Waals surface area contributed by atoms with Gasteiger partial charge in [-0.1, -0.05) is 12.1 Å². The van der Waals surface area contributed by atoms with Crippen LogP contribution in [0.2, 0.25) is 0 Å². The van der Waals surface area contributed by atoms with Gasteiger partial charge >= 0.3 is 6.61 Å². The minimum atomic E-state index is -2.79. The Morgan fingerprint density at radius 3 is 2.43 bits per heavy atom. The van der Waals surface area contributed by atoms with Crippen molar-refractivity contribution in [1.29, 1.82) is 0 Å². The molecule has 2 aromatic rings. The number of thioether (sulfide) groups is 1. The van der Waals surface area contributed by atoms with E-state index in [0.717, 1.165) is 23.0 Å². The van der Waals surface area contributed by atoms with Gasteiger partial charge in [0.1, 0.15) is 17.4 Å². The summed E-state index contributed by atoms with van der Waals surface area (Å²) in [6, 6.07) is 6.73. The summed E-state index contributed by atoms with van der Waals surface area (Å²) in [7, 11) is 1.94. The Hall–Kier alpha value is -1.63. The molecule has 0 amide bonds. The van der Waals surface area contributed by atoms with Crippen LogP contribution in [-0.4, -0.2) is 21.4 Å². The molecule has 0 bridgehead atoms. The Balaban J connectivity index is 1.94. The molecule has 4 nitrogen and oxygen atoms in total. The third-order valence-corrected chi connectivity index (χ3v) is 4.42. The van der Waals surface area contributed by atoms with Gasteiger partial charge in [0.05, 0.1) is 5.75 Å². The number of nitrogens with zero attached hydrogens (tertiary/aromatic N) is 3. The molecule has 0 saturated heterocycles. The van der Waals surface area contributed by atoms with Crippen molar-refractivity contribution in [3.05, 3.63) is 41.5 Å². The highest BCUT2D eigenvalue weighted by Gasteiger charge is 2.11. The third kappa shape index (κ3) is 4.17. The molecule has 1 aromatic carbocycles. The van der Waals surface area contributed by atoms with Crippen molar-refractivity contribution in [3.8, 4) is 5.75 Å². The lowest BCUT2D eigenvalue weighted by atomic mass is 10.2. The first-order valence-corrected chi connectivity index (χ1v) is 7.53. The largest absolute Gasteiger partial charge is 0.435 e. The first kappa shape index (κ1) is 15.8. The second-order valence-electron chi connectivity index (χ2n) is 4.62. The first-order valence-electron chi connectivity index (χ1n) is 6.48. The van der Waals surface area contributed by atoms with E-state index in [2.05, 4.69) is 21.9 Å².